The van der Waals surface area contributed by atoms with Gasteiger partial charge < -0.3 is 23.8 Å². The number of ether oxygens (including phenoxy) is 3. The summed E-state index contributed by atoms with van der Waals surface area (Å²) in [5, 5.41) is 9.60. The first-order valence-corrected chi connectivity index (χ1v) is 21.0. The molecule has 8 heteroatoms. The molecule has 2 atom stereocenters. The molecule has 0 spiro atoms. The highest BCUT2D eigenvalue weighted by Crippen LogP contribution is 2.12. The largest absolute Gasteiger partial charge is 0.477 e. The van der Waals surface area contributed by atoms with Gasteiger partial charge in [-0.05, 0) is 77.0 Å². The average Bonchev–Trinajstić information content (AvgIpc) is 3.12. The molecule has 0 bridgehead atoms. The van der Waals surface area contributed by atoms with Crippen LogP contribution >= 0.6 is 0 Å². The molecule has 0 aromatic heterocycles. The maximum Gasteiger partial charge on any atom is 0.362 e. The Balaban J connectivity index is 4.45. The highest BCUT2D eigenvalue weighted by atomic mass is 16.6. The van der Waals surface area contributed by atoms with Gasteiger partial charge in [-0.1, -0.05) is 125 Å². The fourth-order valence-electron chi connectivity index (χ4n) is 5.57. The van der Waals surface area contributed by atoms with Gasteiger partial charge >= 0.3 is 17.9 Å². The number of carboxylic acid groups (broad SMARTS) is 1. The van der Waals surface area contributed by atoms with Crippen molar-refractivity contribution in [2.75, 3.05) is 41.0 Å². The highest BCUT2D eigenvalue weighted by Gasteiger charge is 2.31. The minimum Gasteiger partial charge on any atom is -0.477 e. The zero-order chi connectivity index (χ0) is 40.0. The van der Waals surface area contributed by atoms with Gasteiger partial charge in [0.25, 0.3) is 0 Å². The van der Waals surface area contributed by atoms with Gasteiger partial charge in [-0.25, -0.2) is 4.79 Å². The number of allylic oxidation sites excluding steroid dienone is 12. The lowest BCUT2D eigenvalue weighted by Gasteiger charge is -2.31. The van der Waals surface area contributed by atoms with Crippen LogP contribution in [0.5, 0.6) is 0 Å². The van der Waals surface area contributed by atoms with E-state index in [1.807, 2.05) is 21.1 Å². The Bertz CT molecular complexity index is 1110. The van der Waals surface area contributed by atoms with Gasteiger partial charge in [0.2, 0.25) is 0 Å². The van der Waals surface area contributed by atoms with Crippen molar-refractivity contribution in [3.63, 3.8) is 0 Å². The van der Waals surface area contributed by atoms with E-state index >= 15 is 0 Å². The van der Waals surface area contributed by atoms with Gasteiger partial charge in [-0.15, -0.1) is 0 Å². The molecule has 0 aromatic rings. The summed E-state index contributed by atoms with van der Waals surface area (Å²) >= 11 is 0. The third-order valence-electron chi connectivity index (χ3n) is 8.84. The Morgan fingerprint density at radius 2 is 1.04 bits per heavy atom. The average molecular weight is 757 g/mol. The normalized spacial score (nSPS) is 13.7. The molecular formula is C46H78NO7+. The highest BCUT2D eigenvalue weighted by molar-refractivity contribution is 5.72. The van der Waals surface area contributed by atoms with Crippen molar-refractivity contribution >= 4 is 17.9 Å². The van der Waals surface area contributed by atoms with Crippen LogP contribution < -0.4 is 0 Å². The summed E-state index contributed by atoms with van der Waals surface area (Å²) in [4.78, 5) is 36.9. The predicted molar refractivity (Wildman–Crippen MR) is 224 cm³/mol. The number of nitrogens with zero attached hydrogens (tertiary/aromatic N) is 1. The third kappa shape index (κ3) is 34.5. The van der Waals surface area contributed by atoms with Crippen molar-refractivity contribution in [3.05, 3.63) is 72.9 Å². The number of quaternary nitrogens is 1. The zero-order valence-electron chi connectivity index (χ0n) is 34.9. The Morgan fingerprint density at radius 3 is 1.57 bits per heavy atom. The van der Waals surface area contributed by atoms with Crippen LogP contribution in [0.3, 0.4) is 0 Å². The first-order valence-electron chi connectivity index (χ1n) is 21.0. The molecule has 0 saturated heterocycles. The number of carboxylic acids is 1. The lowest BCUT2D eigenvalue weighted by atomic mass is 10.1. The number of rotatable bonds is 36. The second kappa shape index (κ2) is 36.7. The van der Waals surface area contributed by atoms with Crippen LogP contribution in [-0.4, -0.2) is 80.6 Å². The lowest BCUT2D eigenvalue weighted by Crippen LogP contribution is -2.50. The van der Waals surface area contributed by atoms with E-state index in [9.17, 15) is 19.5 Å². The van der Waals surface area contributed by atoms with Crippen LogP contribution in [-0.2, 0) is 28.6 Å². The fraction of sp³-hybridized carbons (Fsp3) is 0.674. The van der Waals surface area contributed by atoms with E-state index in [1.54, 1.807) is 0 Å². The Hall–Kier alpha value is -3.23. The maximum atomic E-state index is 12.7. The summed E-state index contributed by atoms with van der Waals surface area (Å²) in [6, 6.07) is -0.624. The molecule has 0 amide bonds. The molecule has 0 aliphatic heterocycles. The second-order valence-electron chi connectivity index (χ2n) is 14.9. The van der Waals surface area contributed by atoms with E-state index < -0.39 is 18.1 Å². The number of aliphatic carboxylic acids is 1. The van der Waals surface area contributed by atoms with Crippen LogP contribution in [0.25, 0.3) is 0 Å². The molecule has 1 N–H and O–H groups in total. The van der Waals surface area contributed by atoms with Gasteiger partial charge in [-0.2, -0.15) is 0 Å². The van der Waals surface area contributed by atoms with E-state index in [0.717, 1.165) is 89.9 Å². The molecule has 0 rings (SSSR count). The SMILES string of the molecule is CC/C=C\C/C=C\C/C=C\C/C=C\C/C=C\CCCCCC(=O)OC(COCCC(C(=O)O)[N+](C)(C)C)COC(=O)CCCCCCC/C=C\CCCC. The number of hydrogen-bond donors (Lipinski definition) is 1. The van der Waals surface area contributed by atoms with Crippen LogP contribution in [0.1, 0.15) is 149 Å². The van der Waals surface area contributed by atoms with Crippen LogP contribution in [0, 0.1) is 0 Å². The Morgan fingerprint density at radius 1 is 0.574 bits per heavy atom. The van der Waals surface area contributed by atoms with E-state index in [1.165, 1.54) is 25.7 Å². The maximum absolute atomic E-state index is 12.7. The van der Waals surface area contributed by atoms with Gasteiger partial charge in [0.15, 0.2) is 12.1 Å². The van der Waals surface area contributed by atoms with Gasteiger partial charge in [-0.3, -0.25) is 9.59 Å². The van der Waals surface area contributed by atoms with Crippen LogP contribution in [0.4, 0.5) is 0 Å². The number of unbranched alkanes of at least 4 members (excludes halogenated alkanes) is 10. The molecule has 0 radical (unpaired) electrons. The fourth-order valence-corrected chi connectivity index (χ4v) is 5.57. The van der Waals surface area contributed by atoms with Crippen molar-refractivity contribution < 1.29 is 38.2 Å². The minimum atomic E-state index is -0.886. The molecule has 308 valence electrons. The Labute approximate surface area is 330 Å². The smallest absolute Gasteiger partial charge is 0.362 e. The molecule has 0 aromatic carbocycles. The summed E-state index contributed by atoms with van der Waals surface area (Å²) in [7, 11) is 5.50. The molecule has 54 heavy (non-hydrogen) atoms. The van der Waals surface area contributed by atoms with E-state index in [2.05, 4.69) is 86.8 Å². The number of esters is 2. The third-order valence-corrected chi connectivity index (χ3v) is 8.84. The van der Waals surface area contributed by atoms with Crippen molar-refractivity contribution in [2.24, 2.45) is 0 Å². The van der Waals surface area contributed by atoms with Crippen LogP contribution in [0.2, 0.25) is 0 Å². The lowest BCUT2D eigenvalue weighted by molar-refractivity contribution is -0.887. The Kier molecular flexibility index (Phi) is 34.5. The summed E-state index contributed by atoms with van der Waals surface area (Å²) in [6.45, 7) is 4.51. The summed E-state index contributed by atoms with van der Waals surface area (Å²) < 4.78 is 17.2. The molecule has 0 fully saturated rings. The monoisotopic (exact) mass is 757 g/mol. The predicted octanol–water partition coefficient (Wildman–Crippen LogP) is 11.2. The van der Waals surface area contributed by atoms with Gasteiger partial charge in [0, 0.05) is 19.3 Å². The van der Waals surface area contributed by atoms with E-state index in [4.69, 9.17) is 14.2 Å². The molecule has 0 heterocycles. The summed E-state index contributed by atoms with van der Waals surface area (Å²) in [5.74, 6) is -1.53. The van der Waals surface area contributed by atoms with Crippen molar-refractivity contribution in [1.29, 1.82) is 0 Å². The first kappa shape index (κ1) is 50.8. The number of carbonyl (C=O) groups excluding carboxylic acids is 2. The zero-order valence-corrected chi connectivity index (χ0v) is 34.9. The molecule has 0 aliphatic carbocycles. The standard InChI is InChI=1S/C46H77NO7/c1-6-8-10-12-14-16-18-19-20-21-22-23-24-25-27-29-31-33-35-37-45(49)54-42(40-52-39-38-43(46(50)51)47(3,4)5)41-53-44(48)36-34-32-30-28-26-17-15-13-11-9-7-2/h8,10,13-16,19-20,22-23,25,27,42-43H,6-7,9,11-12,17-18,21,24,26,28-41H2,1-5H3/p+1/b10-8-,15-13-,16-14-,20-19-,23-22-,27-25-. The minimum absolute atomic E-state index is 0.0411. The van der Waals surface area contributed by atoms with Crippen molar-refractivity contribution in [1.82, 2.24) is 0 Å². The van der Waals surface area contributed by atoms with Crippen molar-refractivity contribution in [2.45, 2.75) is 161 Å². The number of carbonyl (C=O) groups is 3. The van der Waals surface area contributed by atoms with E-state index in [-0.39, 0.29) is 42.7 Å². The van der Waals surface area contributed by atoms with Crippen molar-refractivity contribution in [3.8, 4) is 0 Å². The molecule has 0 aliphatic rings. The quantitative estimate of drug-likeness (QED) is 0.0294. The summed E-state index contributed by atoms with van der Waals surface area (Å²) in [5.41, 5.74) is 0. The second-order valence-corrected chi connectivity index (χ2v) is 14.9. The number of hydrogen-bond acceptors (Lipinski definition) is 6. The van der Waals surface area contributed by atoms with Crippen LogP contribution in [0.15, 0.2) is 72.9 Å². The summed E-state index contributed by atoms with van der Waals surface area (Å²) in [6.07, 6.45) is 45.2. The molecule has 2 unspecified atom stereocenters. The van der Waals surface area contributed by atoms with Gasteiger partial charge in [0.05, 0.1) is 34.4 Å². The topological polar surface area (TPSA) is 99.1 Å². The van der Waals surface area contributed by atoms with Gasteiger partial charge in [0.1, 0.15) is 6.61 Å². The molecular weight excluding hydrogens is 679 g/mol. The first-order chi connectivity index (χ1) is 26.1. The number of likely N-dealkylation sites (N-methyl/N-ethyl adjacent to an activating group) is 1. The molecule has 0 saturated carbocycles. The van der Waals surface area contributed by atoms with E-state index in [0.29, 0.717) is 12.8 Å². The molecule has 8 nitrogen and oxygen atoms in total.